The highest BCUT2D eigenvalue weighted by Crippen LogP contribution is 2.25. The summed E-state index contributed by atoms with van der Waals surface area (Å²) in [7, 11) is 0. The highest BCUT2D eigenvalue weighted by Gasteiger charge is 2.03. The topological polar surface area (TPSA) is 40.1 Å². The molecule has 0 aromatic heterocycles. The van der Waals surface area contributed by atoms with E-state index in [9.17, 15) is 9.90 Å². The third kappa shape index (κ3) is 2.48. The largest absolute Gasteiger partial charge is 0.545 e. The van der Waals surface area contributed by atoms with Gasteiger partial charge < -0.3 is 9.90 Å². The molecule has 17 heavy (non-hydrogen) atoms. The number of aryl methyl sites for hydroxylation is 1. The van der Waals surface area contributed by atoms with Crippen LogP contribution in [0, 0.1) is 6.92 Å². The zero-order valence-electron chi connectivity index (χ0n) is 9.24. The van der Waals surface area contributed by atoms with Gasteiger partial charge in [0.25, 0.3) is 0 Å². The zero-order chi connectivity index (χ0) is 12.4. The van der Waals surface area contributed by atoms with Crippen molar-refractivity contribution in [2.75, 3.05) is 0 Å². The predicted molar refractivity (Wildman–Crippen MR) is 66.0 cm³/mol. The molecule has 0 saturated heterocycles. The van der Waals surface area contributed by atoms with Crippen molar-refractivity contribution in [3.05, 3.63) is 58.6 Å². The molecule has 2 nitrogen and oxygen atoms in total. The Balaban J connectivity index is 2.46. The zero-order valence-corrected chi connectivity index (χ0v) is 9.99. The normalized spacial score (nSPS) is 10.2. The number of carbonyl (C=O) groups is 1. The molecule has 0 fully saturated rings. The lowest BCUT2D eigenvalue weighted by molar-refractivity contribution is -0.255. The van der Waals surface area contributed by atoms with Crippen LogP contribution in [0.2, 0.25) is 5.02 Å². The average Bonchev–Trinajstić information content (AvgIpc) is 2.30. The number of hydrogen-bond donors (Lipinski definition) is 0. The summed E-state index contributed by atoms with van der Waals surface area (Å²) in [6.07, 6.45) is 0. The molecular weight excluding hydrogens is 236 g/mol. The first kappa shape index (κ1) is 11.7. The van der Waals surface area contributed by atoms with Crippen LogP contribution in [0.5, 0.6) is 0 Å². The monoisotopic (exact) mass is 245 g/mol. The minimum Gasteiger partial charge on any atom is -0.545 e. The number of rotatable bonds is 2. The van der Waals surface area contributed by atoms with Gasteiger partial charge in [0.05, 0.1) is 5.97 Å². The Morgan fingerprint density at radius 2 is 1.76 bits per heavy atom. The third-order valence-corrected chi connectivity index (χ3v) is 2.87. The van der Waals surface area contributed by atoms with Crippen molar-refractivity contribution in [1.82, 2.24) is 0 Å². The van der Waals surface area contributed by atoms with Crippen LogP contribution in [0.15, 0.2) is 42.5 Å². The number of carboxylic acids is 1. The molecule has 0 saturated carbocycles. The molecule has 0 atom stereocenters. The molecule has 0 unspecified atom stereocenters. The van der Waals surface area contributed by atoms with Crippen molar-refractivity contribution in [3.8, 4) is 11.1 Å². The summed E-state index contributed by atoms with van der Waals surface area (Å²) >= 11 is 5.82. The maximum atomic E-state index is 10.7. The standard InChI is InChI=1S/C14H11ClO2/c1-9-8-11(14(16)17)4-7-13(9)10-2-5-12(15)6-3-10/h2-8H,1H3,(H,16,17)/p-1. The Labute approximate surface area is 104 Å². The van der Waals surface area contributed by atoms with Gasteiger partial charge in [-0.25, -0.2) is 0 Å². The van der Waals surface area contributed by atoms with Crippen LogP contribution >= 0.6 is 11.6 Å². The van der Waals surface area contributed by atoms with Crippen molar-refractivity contribution >= 4 is 17.6 Å². The molecule has 0 amide bonds. The van der Waals surface area contributed by atoms with Crippen LogP contribution in [0.4, 0.5) is 0 Å². The number of aromatic carboxylic acids is 1. The average molecular weight is 246 g/mol. The summed E-state index contributed by atoms with van der Waals surface area (Å²) in [4.78, 5) is 10.7. The second kappa shape index (κ2) is 4.60. The Morgan fingerprint density at radius 3 is 2.29 bits per heavy atom. The van der Waals surface area contributed by atoms with Gasteiger partial charge >= 0.3 is 0 Å². The fourth-order valence-electron chi connectivity index (χ4n) is 1.74. The summed E-state index contributed by atoms with van der Waals surface area (Å²) in [6.45, 7) is 1.87. The van der Waals surface area contributed by atoms with Gasteiger partial charge in [0.1, 0.15) is 0 Å². The molecule has 2 rings (SSSR count). The third-order valence-electron chi connectivity index (χ3n) is 2.62. The van der Waals surface area contributed by atoms with E-state index in [-0.39, 0.29) is 5.56 Å². The van der Waals surface area contributed by atoms with Crippen molar-refractivity contribution in [3.63, 3.8) is 0 Å². The molecule has 0 bridgehead atoms. The highest BCUT2D eigenvalue weighted by molar-refractivity contribution is 6.30. The van der Waals surface area contributed by atoms with E-state index in [2.05, 4.69) is 0 Å². The summed E-state index contributed by atoms with van der Waals surface area (Å²) < 4.78 is 0. The minimum atomic E-state index is -1.16. The Kier molecular flexibility index (Phi) is 3.16. The van der Waals surface area contributed by atoms with Gasteiger partial charge in [0.2, 0.25) is 0 Å². The number of halogens is 1. The van der Waals surface area contributed by atoms with Gasteiger partial charge in [0, 0.05) is 5.02 Å². The van der Waals surface area contributed by atoms with E-state index in [1.165, 1.54) is 0 Å². The number of hydrogen-bond acceptors (Lipinski definition) is 2. The molecule has 0 aliphatic carbocycles. The number of carboxylic acid groups (broad SMARTS) is 1. The first-order chi connectivity index (χ1) is 8.08. The quantitative estimate of drug-likeness (QED) is 0.816. The predicted octanol–water partition coefficient (Wildman–Crippen LogP) is 2.68. The van der Waals surface area contributed by atoms with Crippen LogP contribution in [0.3, 0.4) is 0 Å². The molecule has 2 aromatic carbocycles. The molecule has 0 heterocycles. The fourth-order valence-corrected chi connectivity index (χ4v) is 1.87. The maximum absolute atomic E-state index is 10.7. The summed E-state index contributed by atoms with van der Waals surface area (Å²) in [5, 5.41) is 11.4. The second-order valence-electron chi connectivity index (χ2n) is 3.82. The van der Waals surface area contributed by atoms with E-state index >= 15 is 0 Å². The fraction of sp³-hybridized carbons (Fsp3) is 0.0714. The van der Waals surface area contributed by atoms with E-state index < -0.39 is 5.97 Å². The smallest absolute Gasteiger partial charge is 0.0715 e. The molecule has 3 heteroatoms. The molecule has 0 spiro atoms. The Bertz CT molecular complexity index is 559. The minimum absolute atomic E-state index is 0.195. The lowest BCUT2D eigenvalue weighted by atomic mass is 9.98. The van der Waals surface area contributed by atoms with Crippen molar-refractivity contribution in [2.24, 2.45) is 0 Å². The summed E-state index contributed by atoms with van der Waals surface area (Å²) in [5.74, 6) is -1.16. The van der Waals surface area contributed by atoms with Crippen LogP contribution in [0.25, 0.3) is 11.1 Å². The van der Waals surface area contributed by atoms with Crippen molar-refractivity contribution < 1.29 is 9.90 Å². The van der Waals surface area contributed by atoms with E-state index in [1.807, 2.05) is 31.2 Å². The van der Waals surface area contributed by atoms with Gasteiger partial charge in [-0.1, -0.05) is 35.9 Å². The number of carbonyl (C=O) groups excluding carboxylic acids is 1. The molecule has 86 valence electrons. The van der Waals surface area contributed by atoms with E-state index in [4.69, 9.17) is 11.6 Å². The van der Waals surface area contributed by atoms with Gasteiger partial charge in [-0.3, -0.25) is 0 Å². The molecule has 2 aromatic rings. The van der Waals surface area contributed by atoms with Crippen LogP contribution in [-0.2, 0) is 0 Å². The molecule has 0 aliphatic rings. The van der Waals surface area contributed by atoms with E-state index in [1.54, 1.807) is 18.2 Å². The van der Waals surface area contributed by atoms with E-state index in [0.29, 0.717) is 5.02 Å². The first-order valence-corrected chi connectivity index (χ1v) is 5.53. The SMILES string of the molecule is Cc1cc(C(=O)[O-])ccc1-c1ccc(Cl)cc1. The van der Waals surface area contributed by atoms with Crippen LogP contribution in [0.1, 0.15) is 15.9 Å². The van der Waals surface area contributed by atoms with Gasteiger partial charge in [0.15, 0.2) is 0 Å². The van der Waals surface area contributed by atoms with Crippen molar-refractivity contribution in [2.45, 2.75) is 6.92 Å². The molecular formula is C14H10ClO2-. The van der Waals surface area contributed by atoms with E-state index in [0.717, 1.165) is 16.7 Å². The maximum Gasteiger partial charge on any atom is 0.0715 e. The molecule has 0 N–H and O–H groups in total. The number of benzene rings is 2. The van der Waals surface area contributed by atoms with Crippen molar-refractivity contribution in [1.29, 1.82) is 0 Å². The van der Waals surface area contributed by atoms with Crippen LogP contribution in [-0.4, -0.2) is 5.97 Å². The van der Waals surface area contributed by atoms with Gasteiger partial charge in [-0.15, -0.1) is 0 Å². The Hall–Kier alpha value is -1.80. The summed E-state index contributed by atoms with van der Waals surface area (Å²) in [5.41, 5.74) is 3.10. The summed E-state index contributed by atoms with van der Waals surface area (Å²) in [6, 6.07) is 12.4. The first-order valence-electron chi connectivity index (χ1n) is 5.16. The van der Waals surface area contributed by atoms with Crippen LogP contribution < -0.4 is 5.11 Å². The Morgan fingerprint density at radius 1 is 1.12 bits per heavy atom. The lowest BCUT2D eigenvalue weighted by Gasteiger charge is -2.09. The molecule has 0 aliphatic heterocycles. The van der Waals surface area contributed by atoms with Gasteiger partial charge in [-0.2, -0.15) is 0 Å². The lowest BCUT2D eigenvalue weighted by Crippen LogP contribution is -2.22. The molecule has 0 radical (unpaired) electrons. The highest BCUT2D eigenvalue weighted by atomic mass is 35.5. The second-order valence-corrected chi connectivity index (χ2v) is 4.26. The van der Waals surface area contributed by atoms with Gasteiger partial charge in [-0.05, 0) is 47.4 Å².